The molecule has 26 heavy (non-hydrogen) atoms. The van der Waals surface area contributed by atoms with Crippen LogP contribution in [0.4, 0.5) is 24.7 Å². The molecule has 0 unspecified atom stereocenters. The van der Waals surface area contributed by atoms with E-state index in [1.54, 1.807) is 19.9 Å². The molecule has 2 heterocycles. The fraction of sp³-hybridized carbons (Fsp3) is 0.412. The van der Waals surface area contributed by atoms with E-state index in [1.807, 2.05) is 0 Å². The molecule has 1 aromatic heterocycles. The lowest BCUT2D eigenvalue weighted by molar-refractivity contribution is -0.137. The number of halogens is 4. The SMILES string of the molecule is Cc1nc2c(c(N[C@H](C)c3cc(N)cc(C(F)(F)F)c3)n1)CNCC2.Cl. The highest BCUT2D eigenvalue weighted by Crippen LogP contribution is 2.33. The van der Waals surface area contributed by atoms with Crippen molar-refractivity contribution < 1.29 is 13.2 Å². The van der Waals surface area contributed by atoms with Gasteiger partial charge in [0.2, 0.25) is 0 Å². The number of aryl methyl sites for hydroxylation is 1. The summed E-state index contributed by atoms with van der Waals surface area (Å²) in [7, 11) is 0. The van der Waals surface area contributed by atoms with Crippen LogP contribution in [0.15, 0.2) is 18.2 Å². The first kappa shape index (κ1) is 20.3. The van der Waals surface area contributed by atoms with Crippen molar-refractivity contribution in [2.45, 2.75) is 39.0 Å². The number of fused-ring (bicyclic) bond motifs is 1. The van der Waals surface area contributed by atoms with Crippen molar-refractivity contribution in [2.75, 3.05) is 17.6 Å². The van der Waals surface area contributed by atoms with Gasteiger partial charge in [-0.05, 0) is 37.6 Å². The number of aromatic nitrogens is 2. The number of nitrogens with two attached hydrogens (primary N) is 1. The van der Waals surface area contributed by atoms with Crippen molar-refractivity contribution in [3.05, 3.63) is 46.4 Å². The molecule has 9 heteroatoms. The number of nitrogen functional groups attached to an aromatic ring is 1. The minimum atomic E-state index is -4.43. The van der Waals surface area contributed by atoms with Crippen molar-refractivity contribution in [1.29, 1.82) is 0 Å². The van der Waals surface area contributed by atoms with Gasteiger partial charge in [-0.3, -0.25) is 0 Å². The van der Waals surface area contributed by atoms with Crippen molar-refractivity contribution in [1.82, 2.24) is 15.3 Å². The highest BCUT2D eigenvalue weighted by molar-refractivity contribution is 5.85. The molecule has 0 saturated carbocycles. The second kappa shape index (κ2) is 7.67. The van der Waals surface area contributed by atoms with Gasteiger partial charge in [-0.1, -0.05) is 0 Å². The number of hydrogen-bond acceptors (Lipinski definition) is 5. The molecule has 4 N–H and O–H groups in total. The Balaban J connectivity index is 0.00000243. The van der Waals surface area contributed by atoms with Crippen LogP contribution in [0.25, 0.3) is 0 Å². The molecular weight excluding hydrogens is 367 g/mol. The fourth-order valence-corrected chi connectivity index (χ4v) is 2.96. The predicted octanol–water partition coefficient (Wildman–Crippen LogP) is 3.63. The number of hydrogen-bond donors (Lipinski definition) is 3. The highest BCUT2D eigenvalue weighted by atomic mass is 35.5. The lowest BCUT2D eigenvalue weighted by Crippen LogP contribution is -2.27. The zero-order valence-electron chi connectivity index (χ0n) is 14.4. The molecule has 5 nitrogen and oxygen atoms in total. The highest BCUT2D eigenvalue weighted by Gasteiger charge is 2.31. The van der Waals surface area contributed by atoms with Crippen LogP contribution in [-0.4, -0.2) is 16.5 Å². The average Bonchev–Trinajstić information content (AvgIpc) is 2.53. The third kappa shape index (κ3) is 4.37. The average molecular weight is 388 g/mol. The van der Waals surface area contributed by atoms with E-state index in [0.29, 0.717) is 23.8 Å². The maximum atomic E-state index is 13.0. The maximum absolute atomic E-state index is 13.0. The normalized spacial score (nSPS) is 15.0. The predicted molar refractivity (Wildman–Crippen MR) is 97.3 cm³/mol. The molecular formula is C17H21ClF3N5. The lowest BCUT2D eigenvalue weighted by atomic mass is 10.0. The van der Waals surface area contributed by atoms with Crippen LogP contribution in [0, 0.1) is 6.92 Å². The standard InChI is InChI=1S/C17H20F3N5.ClH/c1-9(11-5-12(17(18,19)20)7-13(21)6-11)23-16-14-8-22-4-3-15(14)24-10(2)25-16;/h5-7,9,22H,3-4,8,21H2,1-2H3,(H,23,24,25);1H/t9-;/m1./s1. The summed E-state index contributed by atoms with van der Waals surface area (Å²) in [5.41, 5.74) is 7.39. The molecule has 0 radical (unpaired) electrons. The number of rotatable bonds is 3. The van der Waals surface area contributed by atoms with Crippen LogP contribution in [-0.2, 0) is 19.1 Å². The van der Waals surface area contributed by atoms with E-state index < -0.39 is 11.7 Å². The summed E-state index contributed by atoms with van der Waals surface area (Å²) in [5, 5.41) is 6.48. The largest absolute Gasteiger partial charge is 0.416 e. The molecule has 0 aliphatic carbocycles. The van der Waals surface area contributed by atoms with Crippen LogP contribution in [0.5, 0.6) is 0 Å². The van der Waals surface area contributed by atoms with Gasteiger partial charge in [0.25, 0.3) is 0 Å². The number of benzene rings is 1. The van der Waals surface area contributed by atoms with E-state index in [0.717, 1.165) is 36.4 Å². The molecule has 0 amide bonds. The second-order valence-electron chi connectivity index (χ2n) is 6.22. The molecule has 0 saturated heterocycles. The second-order valence-corrected chi connectivity index (χ2v) is 6.22. The summed E-state index contributed by atoms with van der Waals surface area (Å²) in [6, 6.07) is 3.22. The number of alkyl halides is 3. The van der Waals surface area contributed by atoms with Crippen molar-refractivity contribution in [3.63, 3.8) is 0 Å². The minimum absolute atomic E-state index is 0. The summed E-state index contributed by atoms with van der Waals surface area (Å²) in [6.07, 6.45) is -3.63. The van der Waals surface area contributed by atoms with Crippen molar-refractivity contribution in [2.24, 2.45) is 0 Å². The number of anilines is 2. The number of nitrogens with one attached hydrogen (secondary N) is 2. The molecule has 1 atom stereocenters. The van der Waals surface area contributed by atoms with Crippen LogP contribution in [0.3, 0.4) is 0 Å². The Hall–Kier alpha value is -2.06. The van der Waals surface area contributed by atoms with Crippen LogP contribution >= 0.6 is 12.4 Å². The summed E-state index contributed by atoms with van der Waals surface area (Å²) in [6.45, 7) is 5.08. The monoisotopic (exact) mass is 387 g/mol. The van der Waals surface area contributed by atoms with E-state index in [1.165, 1.54) is 0 Å². The van der Waals surface area contributed by atoms with Gasteiger partial charge in [-0.15, -0.1) is 12.4 Å². The summed E-state index contributed by atoms with van der Waals surface area (Å²) in [5.74, 6) is 1.29. The minimum Gasteiger partial charge on any atom is -0.399 e. The topological polar surface area (TPSA) is 75.9 Å². The molecule has 3 rings (SSSR count). The molecule has 1 aliphatic heterocycles. The maximum Gasteiger partial charge on any atom is 0.416 e. The van der Waals surface area contributed by atoms with Crippen LogP contribution in [0.2, 0.25) is 0 Å². The van der Waals surface area contributed by atoms with E-state index in [9.17, 15) is 13.2 Å². The first-order valence-electron chi connectivity index (χ1n) is 8.05. The Morgan fingerprint density at radius 2 is 1.96 bits per heavy atom. The third-order valence-electron chi connectivity index (χ3n) is 4.20. The summed E-state index contributed by atoms with van der Waals surface area (Å²) < 4.78 is 39.0. The first-order chi connectivity index (χ1) is 11.7. The molecule has 1 aromatic carbocycles. The van der Waals surface area contributed by atoms with Crippen molar-refractivity contribution >= 4 is 23.9 Å². The summed E-state index contributed by atoms with van der Waals surface area (Å²) >= 11 is 0. The van der Waals surface area contributed by atoms with E-state index in [2.05, 4.69) is 20.6 Å². The van der Waals surface area contributed by atoms with Crippen molar-refractivity contribution in [3.8, 4) is 0 Å². The molecule has 0 spiro atoms. The smallest absolute Gasteiger partial charge is 0.399 e. The van der Waals surface area contributed by atoms with Gasteiger partial charge in [0.15, 0.2) is 0 Å². The first-order valence-corrected chi connectivity index (χ1v) is 8.05. The Bertz CT molecular complexity index is 795. The molecule has 142 valence electrons. The molecule has 0 bridgehead atoms. The zero-order valence-corrected chi connectivity index (χ0v) is 15.3. The van der Waals surface area contributed by atoms with Crippen LogP contribution in [0.1, 0.15) is 41.2 Å². The Kier molecular flexibility index (Phi) is 5.98. The Morgan fingerprint density at radius 3 is 2.65 bits per heavy atom. The van der Waals surface area contributed by atoms with Gasteiger partial charge >= 0.3 is 6.18 Å². The fourth-order valence-electron chi connectivity index (χ4n) is 2.96. The van der Waals surface area contributed by atoms with Gasteiger partial charge < -0.3 is 16.4 Å². The zero-order chi connectivity index (χ0) is 18.2. The molecule has 0 fully saturated rings. The van der Waals surface area contributed by atoms with Gasteiger partial charge in [-0.2, -0.15) is 13.2 Å². The number of nitrogens with zero attached hydrogens (tertiary/aromatic N) is 2. The van der Waals surface area contributed by atoms with E-state index in [4.69, 9.17) is 5.73 Å². The van der Waals surface area contributed by atoms with Gasteiger partial charge in [-0.25, -0.2) is 9.97 Å². The van der Waals surface area contributed by atoms with E-state index in [-0.39, 0.29) is 24.1 Å². The Labute approximate surface area is 156 Å². The summed E-state index contributed by atoms with van der Waals surface area (Å²) in [4.78, 5) is 8.88. The van der Waals surface area contributed by atoms with Gasteiger partial charge in [0.1, 0.15) is 11.6 Å². The van der Waals surface area contributed by atoms with Gasteiger partial charge in [0.05, 0.1) is 17.3 Å². The third-order valence-corrected chi connectivity index (χ3v) is 4.20. The van der Waals surface area contributed by atoms with Gasteiger partial charge in [0, 0.05) is 30.8 Å². The molecule has 1 aliphatic rings. The molecule has 2 aromatic rings. The quantitative estimate of drug-likeness (QED) is 0.701. The van der Waals surface area contributed by atoms with E-state index >= 15 is 0 Å². The Morgan fingerprint density at radius 1 is 1.23 bits per heavy atom. The van der Waals surface area contributed by atoms with Crippen LogP contribution < -0.4 is 16.4 Å². The lowest BCUT2D eigenvalue weighted by Gasteiger charge is -2.23.